The number of rotatable bonds is 4. The zero-order valence-corrected chi connectivity index (χ0v) is 22.1. The van der Waals surface area contributed by atoms with Crippen LogP contribution in [0.25, 0.3) is 10.9 Å². The number of benzene rings is 1. The van der Waals surface area contributed by atoms with Crippen LogP contribution in [0.2, 0.25) is 0 Å². The van der Waals surface area contributed by atoms with E-state index in [-0.39, 0.29) is 0 Å². The Balaban J connectivity index is 0.000000349. The predicted molar refractivity (Wildman–Crippen MR) is 135 cm³/mol. The lowest BCUT2D eigenvalue weighted by Crippen LogP contribution is -2.46. The molecule has 0 unspecified atom stereocenters. The molecule has 10 nitrogen and oxygen atoms in total. The number of hydrogen-bond acceptors (Lipinski definition) is 8. The Bertz CT molecular complexity index is 1320. The molecule has 16 heteroatoms. The first kappa shape index (κ1) is 33.0. The van der Waals surface area contributed by atoms with E-state index < -0.39 is 24.3 Å². The Kier molecular flexibility index (Phi) is 11.2. The maximum atomic E-state index is 10.6. The van der Waals surface area contributed by atoms with Gasteiger partial charge in [-0.3, -0.25) is 9.88 Å². The molecule has 41 heavy (non-hydrogen) atoms. The number of nitrogens with zero attached hydrogens (tertiary/aromatic N) is 5. The fourth-order valence-corrected chi connectivity index (χ4v) is 3.58. The van der Waals surface area contributed by atoms with Crippen LogP contribution < -0.4 is 9.64 Å². The van der Waals surface area contributed by atoms with Crippen LogP contribution in [0, 0.1) is 13.8 Å². The van der Waals surface area contributed by atoms with E-state index in [4.69, 9.17) is 29.5 Å². The van der Waals surface area contributed by atoms with Crippen molar-refractivity contribution < 1.29 is 50.9 Å². The molecule has 1 saturated heterocycles. The smallest absolute Gasteiger partial charge is 0.490 e. The average Bonchev–Trinajstić information content (AvgIpc) is 2.90. The van der Waals surface area contributed by atoms with Crippen LogP contribution in [0.5, 0.6) is 5.75 Å². The number of hydrogen-bond donors (Lipinski definition) is 2. The van der Waals surface area contributed by atoms with Crippen LogP contribution >= 0.6 is 0 Å². The highest BCUT2D eigenvalue weighted by Crippen LogP contribution is 2.24. The highest BCUT2D eigenvalue weighted by molar-refractivity contribution is 5.84. The number of carboxylic acid groups (broad SMARTS) is 2. The van der Waals surface area contributed by atoms with Gasteiger partial charge in [0.25, 0.3) is 0 Å². The molecule has 2 N–H and O–H groups in total. The summed E-state index contributed by atoms with van der Waals surface area (Å²) in [5.41, 5.74) is 3.97. The Morgan fingerprint density at radius 2 is 1.46 bits per heavy atom. The number of pyridine rings is 1. The van der Waals surface area contributed by atoms with Gasteiger partial charge in [0.05, 0.1) is 24.2 Å². The van der Waals surface area contributed by atoms with E-state index in [9.17, 15) is 26.3 Å². The third kappa shape index (κ3) is 10.0. The summed E-state index contributed by atoms with van der Waals surface area (Å²) >= 11 is 0. The zero-order chi connectivity index (χ0) is 31.0. The van der Waals surface area contributed by atoms with Crippen LogP contribution in [0.3, 0.4) is 0 Å². The molecule has 0 spiro atoms. The second-order valence-corrected chi connectivity index (χ2v) is 8.62. The van der Waals surface area contributed by atoms with Crippen molar-refractivity contribution in [3.63, 3.8) is 0 Å². The van der Waals surface area contributed by atoms with Crippen molar-refractivity contribution in [1.82, 2.24) is 19.9 Å². The summed E-state index contributed by atoms with van der Waals surface area (Å²) in [5, 5.41) is 15.4. The van der Waals surface area contributed by atoms with Crippen LogP contribution in [0.15, 0.2) is 36.5 Å². The summed E-state index contributed by atoms with van der Waals surface area (Å²) in [6, 6.07) is 10.3. The molecule has 0 saturated carbocycles. The fourth-order valence-electron chi connectivity index (χ4n) is 3.58. The highest BCUT2D eigenvalue weighted by Gasteiger charge is 2.38. The maximum absolute atomic E-state index is 10.6. The Labute approximate surface area is 230 Å². The summed E-state index contributed by atoms with van der Waals surface area (Å²) in [6.07, 6.45) is -8.34. The van der Waals surface area contributed by atoms with Gasteiger partial charge in [-0.2, -0.15) is 26.3 Å². The molecule has 2 aromatic heterocycles. The van der Waals surface area contributed by atoms with Gasteiger partial charge in [0.1, 0.15) is 17.1 Å². The molecule has 224 valence electrons. The summed E-state index contributed by atoms with van der Waals surface area (Å²) < 4.78 is 68.9. The quantitative estimate of drug-likeness (QED) is 0.425. The second-order valence-electron chi connectivity index (χ2n) is 8.62. The van der Waals surface area contributed by atoms with Gasteiger partial charge in [0.15, 0.2) is 0 Å². The number of piperazine rings is 1. The number of carboxylic acids is 2. The van der Waals surface area contributed by atoms with Crippen molar-refractivity contribution >= 4 is 28.7 Å². The number of alkyl halides is 6. The van der Waals surface area contributed by atoms with Gasteiger partial charge in [0, 0.05) is 44.3 Å². The first-order valence-electron chi connectivity index (χ1n) is 11.8. The topological polar surface area (TPSA) is 129 Å². The number of para-hydroxylation sites is 1. The molecule has 0 aliphatic carbocycles. The minimum atomic E-state index is -5.08. The minimum Gasteiger partial charge on any atom is -0.494 e. The minimum absolute atomic E-state index is 0.827. The molecule has 1 aliphatic heterocycles. The predicted octanol–water partition coefficient (Wildman–Crippen LogP) is 4.24. The third-order valence-electron chi connectivity index (χ3n) is 5.55. The number of aliphatic carboxylic acids is 2. The van der Waals surface area contributed by atoms with Gasteiger partial charge in [-0.1, -0.05) is 18.2 Å². The highest BCUT2D eigenvalue weighted by atomic mass is 19.4. The van der Waals surface area contributed by atoms with Gasteiger partial charge in [-0.25, -0.2) is 19.6 Å². The molecule has 3 heterocycles. The number of carbonyl (C=O) groups is 2. The van der Waals surface area contributed by atoms with Gasteiger partial charge < -0.3 is 19.8 Å². The van der Waals surface area contributed by atoms with Crippen molar-refractivity contribution in [2.75, 3.05) is 38.2 Å². The number of ether oxygens (including phenoxy) is 1. The second kappa shape index (κ2) is 13.9. The fraction of sp³-hybridized carbons (Fsp3) is 0.400. The summed E-state index contributed by atoms with van der Waals surface area (Å²) in [5.74, 6) is -3.67. The van der Waals surface area contributed by atoms with Crippen LogP contribution in [-0.4, -0.2) is 87.6 Å². The summed E-state index contributed by atoms with van der Waals surface area (Å²) in [6.45, 7) is 8.75. The molecular formula is C25H27F6N5O5. The summed E-state index contributed by atoms with van der Waals surface area (Å²) in [7, 11) is 1.69. The molecule has 0 radical (unpaired) electrons. The first-order valence-corrected chi connectivity index (χ1v) is 11.8. The molecular weight excluding hydrogens is 564 g/mol. The van der Waals surface area contributed by atoms with Crippen LogP contribution in [0.4, 0.5) is 32.2 Å². The van der Waals surface area contributed by atoms with E-state index >= 15 is 0 Å². The standard InChI is InChI=1S/C21H25N5O.2C2HF3O2/c1-15-13-22-16(2)21(23-15)26-11-9-25(10-12-26)14-18-8-7-17-5-4-6-19(27-3)20(17)24-18;2*3-2(4,5)1(6)7/h4-8,13H,9-12,14H2,1-3H3;2*(H,6,7). The number of fused-ring (bicyclic) bond motifs is 1. The normalized spacial score (nSPS) is 13.9. The van der Waals surface area contributed by atoms with Crippen molar-refractivity contribution in [3.8, 4) is 5.75 Å². The molecule has 4 rings (SSSR count). The number of methoxy groups -OCH3 is 1. The van der Waals surface area contributed by atoms with E-state index in [0.29, 0.717) is 0 Å². The Hall–Kier alpha value is -4.21. The maximum Gasteiger partial charge on any atom is 0.490 e. The number of halogens is 6. The SMILES string of the molecule is COc1cccc2ccc(CN3CCN(c4nc(C)cnc4C)CC3)nc12.O=C(O)C(F)(F)F.O=C(O)C(F)(F)F. The molecule has 1 aliphatic rings. The molecule has 1 fully saturated rings. The lowest BCUT2D eigenvalue weighted by molar-refractivity contribution is -0.193. The van der Waals surface area contributed by atoms with E-state index in [0.717, 1.165) is 72.3 Å². The van der Waals surface area contributed by atoms with Gasteiger partial charge in [-0.05, 0) is 26.0 Å². The molecule has 0 bridgehead atoms. The van der Waals surface area contributed by atoms with Crippen molar-refractivity contribution in [2.45, 2.75) is 32.7 Å². The van der Waals surface area contributed by atoms with E-state index in [1.807, 2.05) is 32.2 Å². The first-order chi connectivity index (χ1) is 19.0. The number of anilines is 1. The average molecular weight is 592 g/mol. The van der Waals surface area contributed by atoms with Crippen molar-refractivity contribution in [1.29, 1.82) is 0 Å². The van der Waals surface area contributed by atoms with Crippen molar-refractivity contribution in [2.24, 2.45) is 0 Å². The summed E-state index contributed by atoms with van der Waals surface area (Å²) in [4.78, 5) is 36.5. The van der Waals surface area contributed by atoms with Crippen LogP contribution in [-0.2, 0) is 16.1 Å². The van der Waals surface area contributed by atoms with Crippen LogP contribution in [0.1, 0.15) is 17.1 Å². The van der Waals surface area contributed by atoms with Gasteiger partial charge in [0.2, 0.25) is 0 Å². The van der Waals surface area contributed by atoms with Crippen molar-refractivity contribution in [3.05, 3.63) is 53.6 Å². The van der Waals surface area contributed by atoms with Gasteiger partial charge >= 0.3 is 24.3 Å². The Morgan fingerprint density at radius 3 is 1.98 bits per heavy atom. The largest absolute Gasteiger partial charge is 0.494 e. The lowest BCUT2D eigenvalue weighted by Gasteiger charge is -2.35. The molecule has 3 aromatic rings. The van der Waals surface area contributed by atoms with E-state index in [1.165, 1.54) is 0 Å². The third-order valence-corrected chi connectivity index (χ3v) is 5.55. The monoisotopic (exact) mass is 591 g/mol. The zero-order valence-electron chi connectivity index (χ0n) is 22.1. The molecule has 0 amide bonds. The number of aromatic nitrogens is 3. The van der Waals surface area contributed by atoms with E-state index in [1.54, 1.807) is 7.11 Å². The molecule has 1 aromatic carbocycles. The number of aryl methyl sites for hydroxylation is 2. The molecule has 0 atom stereocenters. The lowest BCUT2D eigenvalue weighted by atomic mass is 10.2. The van der Waals surface area contributed by atoms with Gasteiger partial charge in [-0.15, -0.1) is 0 Å². The Morgan fingerprint density at radius 1 is 0.902 bits per heavy atom. The van der Waals surface area contributed by atoms with E-state index in [2.05, 4.69) is 38.0 Å².